The highest BCUT2D eigenvalue weighted by Crippen LogP contribution is 2.41. The Bertz CT molecular complexity index is 278. The van der Waals surface area contributed by atoms with E-state index in [-0.39, 0.29) is 24.2 Å². The first kappa shape index (κ1) is 15.4. The fourth-order valence-corrected chi connectivity index (χ4v) is 2.37. The molecule has 3 N–H and O–H groups in total. The highest BCUT2D eigenvalue weighted by Gasteiger charge is 2.38. The van der Waals surface area contributed by atoms with E-state index in [0.29, 0.717) is 12.0 Å². The predicted molar refractivity (Wildman–Crippen MR) is 73.3 cm³/mol. The van der Waals surface area contributed by atoms with Gasteiger partial charge in [0, 0.05) is 12.6 Å². The Morgan fingerprint density at radius 2 is 1.83 bits per heavy atom. The summed E-state index contributed by atoms with van der Waals surface area (Å²) in [6.07, 6.45) is 4.11. The minimum absolute atomic E-state index is 0.0531. The topological polar surface area (TPSA) is 64.3 Å². The van der Waals surface area contributed by atoms with Crippen LogP contribution in [0.25, 0.3) is 0 Å². The summed E-state index contributed by atoms with van der Waals surface area (Å²) in [7, 11) is 0. The van der Waals surface area contributed by atoms with Crippen LogP contribution in [0, 0.1) is 5.41 Å². The van der Waals surface area contributed by atoms with Crippen molar-refractivity contribution in [1.29, 1.82) is 0 Å². The maximum atomic E-state index is 11.6. The van der Waals surface area contributed by atoms with Gasteiger partial charge in [-0.25, -0.2) is 0 Å². The van der Waals surface area contributed by atoms with Crippen LogP contribution >= 0.6 is 0 Å². The zero-order chi connectivity index (χ0) is 13.8. The monoisotopic (exact) mass is 256 g/mol. The first-order valence-electron chi connectivity index (χ1n) is 6.92. The van der Waals surface area contributed by atoms with Crippen LogP contribution in [0.5, 0.6) is 0 Å². The smallest absolute Gasteiger partial charge is 0.246 e. The molecule has 0 bridgehead atoms. The van der Waals surface area contributed by atoms with Crippen molar-refractivity contribution in [3.05, 3.63) is 0 Å². The molecule has 0 radical (unpaired) electrons. The van der Waals surface area contributed by atoms with Crippen LogP contribution in [0.2, 0.25) is 0 Å². The van der Waals surface area contributed by atoms with Gasteiger partial charge in [0.2, 0.25) is 5.91 Å². The third kappa shape index (κ3) is 4.58. The van der Waals surface area contributed by atoms with E-state index in [2.05, 4.69) is 19.2 Å². The summed E-state index contributed by atoms with van der Waals surface area (Å²) >= 11 is 0. The summed E-state index contributed by atoms with van der Waals surface area (Å²) in [4.78, 5) is 11.6. The zero-order valence-electron chi connectivity index (χ0n) is 12.2. The van der Waals surface area contributed by atoms with E-state index >= 15 is 0 Å². The average Bonchev–Trinajstić information content (AvgIpc) is 2.28. The van der Waals surface area contributed by atoms with Crippen molar-refractivity contribution in [2.45, 2.75) is 65.0 Å². The normalized spacial score (nSPS) is 21.9. The predicted octanol–water partition coefficient (Wildman–Crippen LogP) is 1.83. The van der Waals surface area contributed by atoms with Crippen molar-refractivity contribution in [3.8, 4) is 0 Å². The molecule has 1 aliphatic carbocycles. The number of carbonyl (C=O) groups is 1. The molecule has 4 nitrogen and oxygen atoms in total. The number of nitrogens with two attached hydrogens (primary N) is 1. The van der Waals surface area contributed by atoms with Gasteiger partial charge in [0.1, 0.15) is 6.61 Å². The van der Waals surface area contributed by atoms with E-state index in [1.165, 1.54) is 0 Å². The number of hydrogen-bond donors (Lipinski definition) is 2. The molecule has 0 unspecified atom stereocenters. The Morgan fingerprint density at radius 3 is 2.28 bits per heavy atom. The molecule has 1 amide bonds. The lowest BCUT2D eigenvalue weighted by Gasteiger charge is -2.42. The summed E-state index contributed by atoms with van der Waals surface area (Å²) in [5, 5.41) is 2.84. The summed E-state index contributed by atoms with van der Waals surface area (Å²) < 4.78 is 5.84. The Hall–Kier alpha value is -0.610. The van der Waals surface area contributed by atoms with Crippen LogP contribution < -0.4 is 11.1 Å². The average molecular weight is 256 g/mol. The number of nitrogens with one attached hydrogen (secondary N) is 1. The molecule has 1 fully saturated rings. The van der Waals surface area contributed by atoms with Crippen molar-refractivity contribution in [2.75, 3.05) is 13.2 Å². The lowest BCUT2D eigenvalue weighted by atomic mass is 9.71. The molecule has 1 saturated carbocycles. The molecule has 0 atom stereocenters. The molecule has 1 aliphatic rings. The standard InChI is InChI=1S/C14H28N2O2/c1-11(2)16-12(17)9-18-14(10-15)7-5-13(3,4)6-8-14/h11H,5-10,15H2,1-4H3,(H,16,17). The number of ether oxygens (including phenoxy) is 1. The van der Waals surface area contributed by atoms with Crippen LogP contribution in [0.1, 0.15) is 53.4 Å². The highest BCUT2D eigenvalue weighted by molar-refractivity contribution is 5.77. The van der Waals surface area contributed by atoms with Gasteiger partial charge in [0.15, 0.2) is 0 Å². The largest absolute Gasteiger partial charge is 0.364 e. The van der Waals surface area contributed by atoms with Gasteiger partial charge in [-0.2, -0.15) is 0 Å². The Labute approximate surface area is 111 Å². The molecule has 1 rings (SSSR count). The molecule has 0 aromatic carbocycles. The second-order valence-corrected chi connectivity index (χ2v) is 6.56. The van der Waals surface area contributed by atoms with Crippen LogP contribution in [0.3, 0.4) is 0 Å². The summed E-state index contributed by atoms with van der Waals surface area (Å²) in [6, 6.07) is 0.153. The second-order valence-electron chi connectivity index (χ2n) is 6.56. The fourth-order valence-electron chi connectivity index (χ4n) is 2.37. The van der Waals surface area contributed by atoms with Crippen molar-refractivity contribution in [1.82, 2.24) is 5.32 Å². The molecule has 18 heavy (non-hydrogen) atoms. The van der Waals surface area contributed by atoms with Gasteiger partial charge >= 0.3 is 0 Å². The molecule has 0 heterocycles. The van der Waals surface area contributed by atoms with Crippen molar-refractivity contribution in [2.24, 2.45) is 11.1 Å². The summed E-state index contributed by atoms with van der Waals surface area (Å²) in [5.74, 6) is -0.0531. The van der Waals surface area contributed by atoms with E-state index in [0.717, 1.165) is 25.7 Å². The molecule has 0 aromatic heterocycles. The number of carbonyl (C=O) groups excluding carboxylic acids is 1. The fraction of sp³-hybridized carbons (Fsp3) is 0.929. The summed E-state index contributed by atoms with van der Waals surface area (Å²) in [6.45, 7) is 9.06. The van der Waals surface area contributed by atoms with E-state index in [9.17, 15) is 4.79 Å². The van der Waals surface area contributed by atoms with Gasteiger partial charge in [0.05, 0.1) is 5.60 Å². The van der Waals surface area contributed by atoms with Crippen LogP contribution in [-0.2, 0) is 9.53 Å². The zero-order valence-corrected chi connectivity index (χ0v) is 12.2. The van der Waals surface area contributed by atoms with Crippen molar-refractivity contribution >= 4 is 5.91 Å². The van der Waals surface area contributed by atoms with Gasteiger partial charge in [-0.15, -0.1) is 0 Å². The van der Waals surface area contributed by atoms with Crippen molar-refractivity contribution in [3.63, 3.8) is 0 Å². The number of amides is 1. The lowest BCUT2D eigenvalue weighted by molar-refractivity contribution is -0.137. The maximum absolute atomic E-state index is 11.6. The third-order valence-electron chi connectivity index (χ3n) is 3.85. The van der Waals surface area contributed by atoms with Crippen LogP contribution in [-0.4, -0.2) is 30.7 Å². The van der Waals surface area contributed by atoms with Crippen molar-refractivity contribution < 1.29 is 9.53 Å². The van der Waals surface area contributed by atoms with Gasteiger partial charge in [0.25, 0.3) is 0 Å². The third-order valence-corrected chi connectivity index (χ3v) is 3.85. The van der Waals surface area contributed by atoms with Gasteiger partial charge < -0.3 is 15.8 Å². The Morgan fingerprint density at radius 1 is 1.28 bits per heavy atom. The highest BCUT2D eigenvalue weighted by atomic mass is 16.5. The molecule has 4 heteroatoms. The van der Waals surface area contributed by atoms with E-state index in [1.54, 1.807) is 0 Å². The molecule has 106 valence electrons. The quantitative estimate of drug-likeness (QED) is 0.788. The molecular formula is C14H28N2O2. The van der Waals surface area contributed by atoms with E-state index < -0.39 is 0 Å². The number of rotatable bonds is 5. The van der Waals surface area contributed by atoms with Crippen LogP contribution in [0.4, 0.5) is 0 Å². The Kier molecular flexibility index (Phi) is 5.17. The molecule has 0 saturated heterocycles. The van der Waals surface area contributed by atoms with Gasteiger partial charge in [-0.3, -0.25) is 4.79 Å². The SMILES string of the molecule is CC(C)NC(=O)COC1(CN)CCC(C)(C)CC1. The maximum Gasteiger partial charge on any atom is 0.246 e. The molecule has 0 aromatic rings. The molecule has 0 aliphatic heterocycles. The van der Waals surface area contributed by atoms with Crippen LogP contribution in [0.15, 0.2) is 0 Å². The first-order valence-corrected chi connectivity index (χ1v) is 6.92. The number of hydrogen-bond acceptors (Lipinski definition) is 3. The lowest BCUT2D eigenvalue weighted by Crippen LogP contribution is -2.47. The molecular weight excluding hydrogens is 228 g/mol. The van der Waals surface area contributed by atoms with E-state index in [4.69, 9.17) is 10.5 Å². The minimum atomic E-state index is -0.288. The minimum Gasteiger partial charge on any atom is -0.364 e. The second kappa shape index (κ2) is 6.02. The van der Waals surface area contributed by atoms with E-state index in [1.807, 2.05) is 13.8 Å². The first-order chi connectivity index (χ1) is 8.29. The van der Waals surface area contributed by atoms with Gasteiger partial charge in [-0.1, -0.05) is 13.8 Å². The summed E-state index contributed by atoms with van der Waals surface area (Å²) in [5.41, 5.74) is 5.95. The van der Waals surface area contributed by atoms with Gasteiger partial charge in [-0.05, 0) is 44.9 Å². The Balaban J connectivity index is 2.45. The molecule has 0 spiro atoms.